The highest BCUT2D eigenvalue weighted by molar-refractivity contribution is 9.11. The molecule has 0 bridgehead atoms. The second kappa shape index (κ2) is 5.71. The Bertz CT molecular complexity index is 726. The van der Waals surface area contributed by atoms with Crippen LogP contribution in [0, 0.1) is 5.82 Å². The van der Waals surface area contributed by atoms with Crippen molar-refractivity contribution in [3.8, 4) is 0 Å². The normalized spacial score (nSPS) is 11.3. The summed E-state index contributed by atoms with van der Waals surface area (Å²) in [5.74, 6) is -0.902. The summed E-state index contributed by atoms with van der Waals surface area (Å²) in [4.78, 5) is -0.567. The molecule has 0 amide bonds. The van der Waals surface area contributed by atoms with Crippen LogP contribution in [-0.2, 0) is 10.0 Å². The molecule has 3 N–H and O–H groups in total. The molecule has 2 aromatic carbocycles. The van der Waals surface area contributed by atoms with Gasteiger partial charge in [0.15, 0.2) is 0 Å². The van der Waals surface area contributed by atoms with Crippen molar-refractivity contribution in [3.05, 3.63) is 51.2 Å². The van der Waals surface area contributed by atoms with E-state index in [0.29, 0.717) is 8.95 Å². The summed E-state index contributed by atoms with van der Waals surface area (Å²) >= 11 is 6.45. The van der Waals surface area contributed by atoms with Gasteiger partial charge in [-0.05, 0) is 56.1 Å². The summed E-state index contributed by atoms with van der Waals surface area (Å²) in [6.07, 6.45) is 0. The van der Waals surface area contributed by atoms with Crippen molar-refractivity contribution in [1.82, 2.24) is 0 Å². The number of hydrogen-bond acceptors (Lipinski definition) is 3. The fraction of sp³-hybridized carbons (Fsp3) is 0. The lowest BCUT2D eigenvalue weighted by molar-refractivity contribution is 0.572. The zero-order chi connectivity index (χ0) is 14.9. The van der Waals surface area contributed by atoms with Gasteiger partial charge in [-0.3, -0.25) is 4.72 Å². The Morgan fingerprint density at radius 1 is 1.05 bits per heavy atom. The van der Waals surface area contributed by atoms with Crippen molar-refractivity contribution in [3.63, 3.8) is 0 Å². The van der Waals surface area contributed by atoms with E-state index in [-0.39, 0.29) is 11.4 Å². The molecule has 0 saturated carbocycles. The molecule has 0 spiro atoms. The van der Waals surface area contributed by atoms with E-state index >= 15 is 0 Å². The quantitative estimate of drug-likeness (QED) is 0.738. The average Bonchev–Trinajstić information content (AvgIpc) is 2.33. The molecule has 20 heavy (non-hydrogen) atoms. The summed E-state index contributed by atoms with van der Waals surface area (Å²) in [6, 6.07) is 8.76. The summed E-state index contributed by atoms with van der Waals surface area (Å²) in [5, 5.41) is 0. The Hall–Kier alpha value is -1.12. The Balaban J connectivity index is 2.53. The van der Waals surface area contributed by atoms with E-state index < -0.39 is 20.7 Å². The van der Waals surface area contributed by atoms with Gasteiger partial charge in [-0.2, -0.15) is 0 Å². The van der Waals surface area contributed by atoms with Crippen LogP contribution in [0.3, 0.4) is 0 Å². The van der Waals surface area contributed by atoms with Gasteiger partial charge in [0.25, 0.3) is 10.0 Å². The van der Waals surface area contributed by atoms with E-state index in [2.05, 4.69) is 36.6 Å². The molecular weight excluding hydrogens is 415 g/mol. The van der Waals surface area contributed by atoms with E-state index in [1.165, 1.54) is 12.1 Å². The molecule has 0 heterocycles. The number of hydrogen-bond donors (Lipinski definition) is 2. The van der Waals surface area contributed by atoms with E-state index in [1.54, 1.807) is 18.2 Å². The maximum Gasteiger partial charge on any atom is 0.266 e. The third-order valence-corrected chi connectivity index (χ3v) is 5.23. The third-order valence-electron chi connectivity index (χ3n) is 2.47. The molecule has 4 nitrogen and oxygen atoms in total. The third kappa shape index (κ3) is 2.97. The van der Waals surface area contributed by atoms with E-state index in [9.17, 15) is 12.8 Å². The smallest absolute Gasteiger partial charge is 0.266 e. The minimum absolute atomic E-state index is 0.152. The number of rotatable bonds is 3. The number of sulfonamides is 1. The Labute approximate surface area is 132 Å². The largest absolute Gasteiger partial charge is 0.398 e. The van der Waals surface area contributed by atoms with Gasteiger partial charge in [0, 0.05) is 8.95 Å². The highest BCUT2D eigenvalue weighted by Gasteiger charge is 2.23. The Kier molecular flexibility index (Phi) is 4.36. The lowest BCUT2D eigenvalue weighted by Gasteiger charge is -2.13. The first-order valence-electron chi connectivity index (χ1n) is 5.34. The van der Waals surface area contributed by atoms with Crippen LogP contribution in [-0.4, -0.2) is 8.42 Å². The first-order valence-corrected chi connectivity index (χ1v) is 8.40. The second-order valence-electron chi connectivity index (χ2n) is 3.86. The zero-order valence-electron chi connectivity index (χ0n) is 9.90. The van der Waals surface area contributed by atoms with Gasteiger partial charge in [0.1, 0.15) is 10.7 Å². The lowest BCUT2D eigenvalue weighted by atomic mass is 10.3. The average molecular weight is 424 g/mol. The van der Waals surface area contributed by atoms with Crippen molar-refractivity contribution in [2.24, 2.45) is 0 Å². The van der Waals surface area contributed by atoms with Gasteiger partial charge in [-0.25, -0.2) is 12.8 Å². The number of benzene rings is 2. The minimum atomic E-state index is -4.13. The van der Waals surface area contributed by atoms with Crippen molar-refractivity contribution in [2.45, 2.75) is 4.90 Å². The minimum Gasteiger partial charge on any atom is -0.398 e. The summed E-state index contributed by atoms with van der Waals surface area (Å²) in [5.41, 5.74) is 5.68. The summed E-state index contributed by atoms with van der Waals surface area (Å²) < 4.78 is 41.6. The predicted octanol–water partition coefficient (Wildman–Crippen LogP) is 3.73. The molecule has 0 aliphatic heterocycles. The first-order chi connectivity index (χ1) is 9.33. The van der Waals surface area contributed by atoms with Crippen LogP contribution < -0.4 is 10.5 Å². The SMILES string of the molecule is Nc1cccc(F)c1S(=O)(=O)Nc1c(Br)cccc1Br. The predicted molar refractivity (Wildman–Crippen MR) is 83.5 cm³/mol. The van der Waals surface area contributed by atoms with Gasteiger partial charge in [0.2, 0.25) is 0 Å². The van der Waals surface area contributed by atoms with E-state index in [4.69, 9.17) is 5.73 Å². The first kappa shape index (κ1) is 15.3. The van der Waals surface area contributed by atoms with Gasteiger partial charge in [-0.1, -0.05) is 12.1 Å². The number of nitrogens with one attached hydrogen (secondary N) is 1. The summed E-state index contributed by atoms with van der Waals surface area (Å²) in [7, 11) is -4.13. The fourth-order valence-electron chi connectivity index (χ4n) is 1.59. The topological polar surface area (TPSA) is 72.2 Å². The maximum atomic E-state index is 13.7. The molecule has 0 aromatic heterocycles. The molecule has 8 heteroatoms. The zero-order valence-corrected chi connectivity index (χ0v) is 13.9. The molecule has 0 atom stereocenters. The van der Waals surface area contributed by atoms with Gasteiger partial charge in [0.05, 0.1) is 11.4 Å². The number of para-hydroxylation sites is 1. The Morgan fingerprint density at radius 2 is 1.60 bits per heavy atom. The number of nitrogens with two attached hydrogens (primary N) is 1. The van der Waals surface area contributed by atoms with Crippen LogP contribution >= 0.6 is 31.9 Å². The van der Waals surface area contributed by atoms with E-state index in [0.717, 1.165) is 6.07 Å². The molecule has 0 aliphatic rings. The van der Waals surface area contributed by atoms with Crippen molar-refractivity contribution in [2.75, 3.05) is 10.5 Å². The van der Waals surface area contributed by atoms with Crippen molar-refractivity contribution in [1.29, 1.82) is 0 Å². The van der Waals surface area contributed by atoms with Crippen LogP contribution in [0.4, 0.5) is 15.8 Å². The van der Waals surface area contributed by atoms with Gasteiger partial charge < -0.3 is 5.73 Å². The standard InChI is InChI=1S/C12H9Br2FN2O2S/c13-7-3-1-4-8(14)11(7)17-20(18,19)12-9(15)5-2-6-10(12)16/h1-6,17H,16H2. The number of anilines is 2. The second-order valence-corrected chi connectivity index (χ2v) is 7.19. The van der Waals surface area contributed by atoms with Crippen LogP contribution in [0.5, 0.6) is 0 Å². The highest BCUT2D eigenvalue weighted by Crippen LogP contribution is 2.33. The molecule has 0 unspecified atom stereocenters. The van der Waals surface area contributed by atoms with Gasteiger partial charge >= 0.3 is 0 Å². The lowest BCUT2D eigenvalue weighted by Crippen LogP contribution is -2.17. The molecule has 0 aliphatic carbocycles. The molecule has 106 valence electrons. The van der Waals surface area contributed by atoms with Crippen molar-refractivity contribution < 1.29 is 12.8 Å². The molecule has 2 aromatic rings. The molecule has 0 radical (unpaired) electrons. The van der Waals surface area contributed by atoms with Crippen LogP contribution in [0.1, 0.15) is 0 Å². The van der Waals surface area contributed by atoms with Gasteiger partial charge in [-0.15, -0.1) is 0 Å². The van der Waals surface area contributed by atoms with Crippen LogP contribution in [0.25, 0.3) is 0 Å². The fourth-order valence-corrected chi connectivity index (χ4v) is 4.34. The molecule has 0 fully saturated rings. The highest BCUT2D eigenvalue weighted by atomic mass is 79.9. The molecular formula is C12H9Br2FN2O2S. The summed E-state index contributed by atoms with van der Waals surface area (Å²) in [6.45, 7) is 0. The Morgan fingerprint density at radius 3 is 2.15 bits per heavy atom. The number of halogens is 3. The van der Waals surface area contributed by atoms with Crippen LogP contribution in [0.15, 0.2) is 50.2 Å². The molecule has 0 saturated heterocycles. The monoisotopic (exact) mass is 422 g/mol. The van der Waals surface area contributed by atoms with E-state index in [1.807, 2.05) is 0 Å². The van der Waals surface area contributed by atoms with Crippen LogP contribution in [0.2, 0.25) is 0 Å². The molecule has 2 rings (SSSR count). The maximum absolute atomic E-state index is 13.7. The van der Waals surface area contributed by atoms with Crippen molar-refractivity contribution >= 4 is 53.3 Å². The number of nitrogen functional groups attached to an aromatic ring is 1.